The Labute approximate surface area is 353 Å². The Kier molecular flexibility index (Phi) is 8.17. The summed E-state index contributed by atoms with van der Waals surface area (Å²) in [5.74, 6) is 0. The molecule has 0 fully saturated rings. The molecule has 10 aromatic carbocycles. The molecule has 0 atom stereocenters. The zero-order valence-electron chi connectivity index (χ0n) is 33.2. The first-order valence-electron chi connectivity index (χ1n) is 20.8. The minimum Gasteiger partial charge on any atom is -0.455 e. The van der Waals surface area contributed by atoms with Crippen LogP contribution in [0.5, 0.6) is 0 Å². The zero-order chi connectivity index (χ0) is 40.3. The molecule has 2 aromatic heterocycles. The van der Waals surface area contributed by atoms with Crippen molar-refractivity contribution in [2.24, 2.45) is 0 Å². The van der Waals surface area contributed by atoms with Gasteiger partial charge in [-0.15, -0.1) is 0 Å². The largest absolute Gasteiger partial charge is 0.455 e. The predicted octanol–water partition coefficient (Wildman–Crippen LogP) is 16.3. The first-order valence-corrected chi connectivity index (χ1v) is 20.8. The SMILES string of the molecule is c1ccc(-c2ccc(-c3ccc(N(c4ccc5c6ccccc6n(-c6ccccc6)c5c4)c4ccc(-c5ccc6ccccc6c5)c5oc6ccccc6c45)cc3)cc2)cc1. The number of hydrogen-bond acceptors (Lipinski definition) is 2. The minimum absolute atomic E-state index is 0.862. The Hall–Kier alpha value is -8.14. The summed E-state index contributed by atoms with van der Waals surface area (Å²) in [5, 5.41) is 7.01. The van der Waals surface area contributed by atoms with E-state index in [1.54, 1.807) is 0 Å². The molecule has 0 N–H and O–H groups in total. The molecular weight excluding hydrogens is 741 g/mol. The molecule has 0 saturated heterocycles. The smallest absolute Gasteiger partial charge is 0.145 e. The van der Waals surface area contributed by atoms with Gasteiger partial charge in [0.25, 0.3) is 0 Å². The summed E-state index contributed by atoms with van der Waals surface area (Å²) >= 11 is 0. The monoisotopic (exact) mass is 778 g/mol. The molecule has 0 saturated carbocycles. The Morgan fingerprint density at radius 1 is 0.361 bits per heavy atom. The lowest BCUT2D eigenvalue weighted by molar-refractivity contribution is 0.670. The summed E-state index contributed by atoms with van der Waals surface area (Å²) in [4.78, 5) is 2.41. The lowest BCUT2D eigenvalue weighted by atomic mass is 9.97. The number of rotatable bonds is 7. The van der Waals surface area contributed by atoms with Crippen LogP contribution in [0.15, 0.2) is 235 Å². The van der Waals surface area contributed by atoms with E-state index in [9.17, 15) is 0 Å². The normalized spacial score (nSPS) is 11.6. The lowest BCUT2D eigenvalue weighted by Gasteiger charge is -2.27. The highest BCUT2D eigenvalue weighted by atomic mass is 16.3. The van der Waals surface area contributed by atoms with E-state index in [0.29, 0.717) is 0 Å². The molecular formula is C58H38N2O. The Morgan fingerprint density at radius 2 is 0.934 bits per heavy atom. The van der Waals surface area contributed by atoms with Crippen LogP contribution >= 0.6 is 0 Å². The summed E-state index contributed by atoms with van der Waals surface area (Å²) in [7, 11) is 0. The van der Waals surface area contributed by atoms with Crippen LogP contribution < -0.4 is 4.90 Å². The number of fused-ring (bicyclic) bond motifs is 7. The van der Waals surface area contributed by atoms with Gasteiger partial charge in [0.1, 0.15) is 11.2 Å². The molecule has 0 unspecified atom stereocenters. The third kappa shape index (κ3) is 5.90. The molecule has 2 heterocycles. The van der Waals surface area contributed by atoms with Gasteiger partial charge in [-0.25, -0.2) is 0 Å². The Morgan fingerprint density at radius 3 is 1.70 bits per heavy atom. The Bertz CT molecular complexity index is 3560. The molecule has 3 nitrogen and oxygen atoms in total. The van der Waals surface area contributed by atoms with E-state index in [1.165, 1.54) is 43.8 Å². The fraction of sp³-hybridized carbons (Fsp3) is 0. The Balaban J connectivity index is 1.07. The van der Waals surface area contributed by atoms with Crippen LogP contribution in [0.25, 0.3) is 93.6 Å². The van der Waals surface area contributed by atoms with Crippen LogP contribution in [-0.2, 0) is 0 Å². The van der Waals surface area contributed by atoms with Gasteiger partial charge in [0, 0.05) is 38.8 Å². The molecule has 61 heavy (non-hydrogen) atoms. The second-order valence-electron chi connectivity index (χ2n) is 15.7. The van der Waals surface area contributed by atoms with E-state index in [-0.39, 0.29) is 0 Å². The molecule has 0 aliphatic carbocycles. The summed E-state index contributed by atoms with van der Waals surface area (Å²) < 4.78 is 9.28. The van der Waals surface area contributed by atoms with Crippen molar-refractivity contribution >= 4 is 71.6 Å². The van der Waals surface area contributed by atoms with Crippen molar-refractivity contribution in [3.8, 4) is 39.1 Å². The standard InChI is InChI=1S/C58H38N2O/c1-3-13-39(14-4-1)41-23-25-42(26-24-41)43-29-31-47(32-30-43)59(48-33-34-51-50-19-9-11-21-53(50)60(55(51)38-48)46-17-5-2-6-18-46)54-36-35-49(45-28-27-40-15-7-8-16-44(40)37-45)58-57(54)52-20-10-12-22-56(52)61-58/h1-38H. The summed E-state index contributed by atoms with van der Waals surface area (Å²) in [6, 6.07) is 82.9. The lowest BCUT2D eigenvalue weighted by Crippen LogP contribution is -2.10. The van der Waals surface area contributed by atoms with Gasteiger partial charge < -0.3 is 13.9 Å². The number of anilines is 3. The number of nitrogens with zero attached hydrogens (tertiary/aromatic N) is 2. The highest BCUT2D eigenvalue weighted by Gasteiger charge is 2.24. The van der Waals surface area contributed by atoms with Crippen molar-refractivity contribution in [2.75, 3.05) is 4.90 Å². The fourth-order valence-corrected chi connectivity index (χ4v) is 9.25. The van der Waals surface area contributed by atoms with Gasteiger partial charge in [0.05, 0.1) is 22.1 Å². The van der Waals surface area contributed by atoms with E-state index >= 15 is 0 Å². The summed E-state index contributed by atoms with van der Waals surface area (Å²) in [6.07, 6.45) is 0. The molecule has 0 aliphatic heterocycles. The molecule has 12 aromatic rings. The first kappa shape index (κ1) is 34.9. The van der Waals surface area contributed by atoms with Crippen molar-refractivity contribution in [2.45, 2.75) is 0 Å². The summed E-state index contributed by atoms with van der Waals surface area (Å²) in [6.45, 7) is 0. The van der Waals surface area contributed by atoms with Crippen LogP contribution in [0, 0.1) is 0 Å². The molecule has 0 amide bonds. The highest BCUT2D eigenvalue weighted by Crippen LogP contribution is 2.47. The van der Waals surface area contributed by atoms with Gasteiger partial charge >= 0.3 is 0 Å². The molecule has 286 valence electrons. The van der Waals surface area contributed by atoms with Gasteiger partial charge in [0.15, 0.2) is 0 Å². The van der Waals surface area contributed by atoms with Crippen LogP contribution in [0.1, 0.15) is 0 Å². The van der Waals surface area contributed by atoms with Crippen LogP contribution in [-0.4, -0.2) is 4.57 Å². The van der Waals surface area contributed by atoms with Crippen LogP contribution in [0.3, 0.4) is 0 Å². The van der Waals surface area contributed by atoms with Crippen molar-refractivity contribution in [3.63, 3.8) is 0 Å². The maximum atomic E-state index is 6.89. The van der Waals surface area contributed by atoms with Crippen LogP contribution in [0.4, 0.5) is 17.1 Å². The number of para-hydroxylation sites is 3. The van der Waals surface area contributed by atoms with Gasteiger partial charge in [-0.2, -0.15) is 0 Å². The maximum Gasteiger partial charge on any atom is 0.145 e. The predicted molar refractivity (Wildman–Crippen MR) is 257 cm³/mol. The number of hydrogen-bond donors (Lipinski definition) is 0. The summed E-state index contributed by atoms with van der Waals surface area (Å²) in [5.41, 5.74) is 15.3. The van der Waals surface area contributed by atoms with E-state index < -0.39 is 0 Å². The molecule has 3 heteroatoms. The van der Waals surface area contributed by atoms with Crippen molar-refractivity contribution < 1.29 is 4.42 Å². The molecule has 0 aliphatic rings. The van der Waals surface area contributed by atoms with Gasteiger partial charge in [-0.1, -0.05) is 164 Å². The van der Waals surface area contributed by atoms with Gasteiger partial charge in [0.2, 0.25) is 0 Å². The van der Waals surface area contributed by atoms with Crippen LogP contribution in [0.2, 0.25) is 0 Å². The van der Waals surface area contributed by atoms with E-state index in [1.807, 2.05) is 0 Å². The molecule has 0 bridgehead atoms. The van der Waals surface area contributed by atoms with E-state index in [0.717, 1.165) is 66.9 Å². The zero-order valence-corrected chi connectivity index (χ0v) is 33.2. The second kappa shape index (κ2) is 14.3. The van der Waals surface area contributed by atoms with Gasteiger partial charge in [-0.05, 0) is 105 Å². The van der Waals surface area contributed by atoms with Crippen molar-refractivity contribution in [1.82, 2.24) is 4.57 Å². The molecule has 0 spiro atoms. The fourth-order valence-electron chi connectivity index (χ4n) is 9.25. The topological polar surface area (TPSA) is 21.3 Å². The number of furan rings is 1. The first-order chi connectivity index (χ1) is 30.2. The van der Waals surface area contributed by atoms with Crippen molar-refractivity contribution in [1.29, 1.82) is 0 Å². The maximum absolute atomic E-state index is 6.89. The van der Waals surface area contributed by atoms with Gasteiger partial charge in [-0.3, -0.25) is 0 Å². The average Bonchev–Trinajstić information content (AvgIpc) is 3.89. The molecule has 0 radical (unpaired) electrons. The third-order valence-corrected chi connectivity index (χ3v) is 12.2. The second-order valence-corrected chi connectivity index (χ2v) is 15.7. The highest BCUT2D eigenvalue weighted by molar-refractivity contribution is 6.18. The number of aromatic nitrogens is 1. The van der Waals surface area contributed by atoms with E-state index in [4.69, 9.17) is 4.42 Å². The average molecular weight is 779 g/mol. The minimum atomic E-state index is 0.862. The van der Waals surface area contributed by atoms with Crippen molar-refractivity contribution in [3.05, 3.63) is 231 Å². The third-order valence-electron chi connectivity index (χ3n) is 12.2. The van der Waals surface area contributed by atoms with E-state index in [2.05, 4.69) is 240 Å². The quantitative estimate of drug-likeness (QED) is 0.161. The number of benzene rings is 10. The molecule has 12 rings (SSSR count).